The Morgan fingerprint density at radius 2 is 1.73 bits per heavy atom. The maximum Gasteiger partial charge on any atom is 0.0427 e. The minimum Gasteiger partial charge on any atom is -0.135 e. The summed E-state index contributed by atoms with van der Waals surface area (Å²) >= 11 is 1.84. The third-order valence-electron chi connectivity index (χ3n) is 2.65. The lowest BCUT2D eigenvalue weighted by Gasteiger charge is -1.94. The highest BCUT2D eigenvalue weighted by atomic mass is 32.1. The third kappa shape index (κ3) is 1.20. The molecule has 0 bridgehead atoms. The van der Waals surface area contributed by atoms with Crippen LogP contribution in [-0.2, 0) is 0 Å². The van der Waals surface area contributed by atoms with Crippen LogP contribution in [0.25, 0.3) is 26.2 Å². The second kappa shape index (κ2) is 3.21. The fourth-order valence-corrected chi connectivity index (χ4v) is 3.14. The minimum atomic E-state index is 1.23. The number of hydrogen-bond donors (Lipinski definition) is 0. The van der Waals surface area contributed by atoms with E-state index in [0.717, 1.165) is 0 Å². The van der Waals surface area contributed by atoms with E-state index in [0.29, 0.717) is 0 Å². The van der Waals surface area contributed by atoms with Gasteiger partial charge in [-0.25, -0.2) is 0 Å². The van der Waals surface area contributed by atoms with E-state index in [4.69, 9.17) is 0 Å². The van der Waals surface area contributed by atoms with Crippen LogP contribution >= 0.6 is 11.3 Å². The van der Waals surface area contributed by atoms with Crippen LogP contribution in [0.3, 0.4) is 0 Å². The largest absolute Gasteiger partial charge is 0.135 e. The number of fused-ring (bicyclic) bond motifs is 3. The van der Waals surface area contributed by atoms with E-state index in [1.807, 2.05) is 17.4 Å². The van der Waals surface area contributed by atoms with Gasteiger partial charge in [-0.05, 0) is 11.6 Å². The highest BCUT2D eigenvalue weighted by Crippen LogP contribution is 2.35. The molecule has 1 heteroatoms. The molecule has 0 spiro atoms. The average molecular weight is 210 g/mol. The van der Waals surface area contributed by atoms with Crippen LogP contribution in [-0.4, -0.2) is 0 Å². The normalized spacial score (nSPS) is 10.9. The van der Waals surface area contributed by atoms with Gasteiger partial charge in [-0.2, -0.15) is 0 Å². The molecule has 0 amide bonds. The SMILES string of the molecule is C=Cc1cccc2c1sc1ccccc12. The average Bonchev–Trinajstić information content (AvgIpc) is 2.67. The smallest absolute Gasteiger partial charge is 0.0427 e. The molecule has 0 N–H and O–H groups in total. The van der Waals surface area contributed by atoms with Gasteiger partial charge in [0.25, 0.3) is 0 Å². The van der Waals surface area contributed by atoms with Crippen LogP contribution < -0.4 is 0 Å². The monoisotopic (exact) mass is 210 g/mol. The van der Waals surface area contributed by atoms with Gasteiger partial charge in [-0.15, -0.1) is 11.3 Å². The van der Waals surface area contributed by atoms with E-state index in [2.05, 4.69) is 49.0 Å². The Labute approximate surface area is 92.5 Å². The Morgan fingerprint density at radius 3 is 2.60 bits per heavy atom. The lowest BCUT2D eigenvalue weighted by atomic mass is 10.1. The fraction of sp³-hybridized carbons (Fsp3) is 0. The summed E-state index contributed by atoms with van der Waals surface area (Å²) in [6.07, 6.45) is 1.93. The molecule has 1 heterocycles. The number of hydrogen-bond acceptors (Lipinski definition) is 1. The first-order valence-electron chi connectivity index (χ1n) is 4.93. The van der Waals surface area contributed by atoms with Crippen molar-refractivity contribution in [2.75, 3.05) is 0 Å². The topological polar surface area (TPSA) is 0 Å². The molecule has 0 radical (unpaired) electrons. The summed E-state index contributed by atoms with van der Waals surface area (Å²) in [6.45, 7) is 3.86. The molecule has 2 aromatic carbocycles. The molecule has 0 saturated heterocycles. The molecule has 0 atom stereocenters. The summed E-state index contributed by atoms with van der Waals surface area (Å²) in [5.41, 5.74) is 1.23. The molecule has 15 heavy (non-hydrogen) atoms. The van der Waals surface area contributed by atoms with Gasteiger partial charge < -0.3 is 0 Å². The number of thiophene rings is 1. The van der Waals surface area contributed by atoms with Gasteiger partial charge in [0.1, 0.15) is 0 Å². The zero-order chi connectivity index (χ0) is 10.3. The van der Waals surface area contributed by atoms with Gasteiger partial charge in [-0.3, -0.25) is 0 Å². The molecule has 1 aromatic heterocycles. The van der Waals surface area contributed by atoms with E-state index in [1.54, 1.807) is 0 Å². The van der Waals surface area contributed by atoms with Crippen molar-refractivity contribution in [2.45, 2.75) is 0 Å². The first-order chi connectivity index (χ1) is 7.40. The summed E-state index contributed by atoms with van der Waals surface area (Å²) in [7, 11) is 0. The molecular formula is C14H10S. The molecule has 0 fully saturated rings. The van der Waals surface area contributed by atoms with E-state index < -0.39 is 0 Å². The Hall–Kier alpha value is -1.60. The van der Waals surface area contributed by atoms with Gasteiger partial charge in [-0.1, -0.05) is 49.1 Å². The van der Waals surface area contributed by atoms with Gasteiger partial charge >= 0.3 is 0 Å². The van der Waals surface area contributed by atoms with Crippen molar-refractivity contribution < 1.29 is 0 Å². The summed E-state index contributed by atoms with van der Waals surface area (Å²) < 4.78 is 2.69. The van der Waals surface area contributed by atoms with Crippen LogP contribution in [0.1, 0.15) is 5.56 Å². The predicted molar refractivity (Wildman–Crippen MR) is 69.4 cm³/mol. The van der Waals surface area contributed by atoms with E-state index >= 15 is 0 Å². The van der Waals surface area contributed by atoms with Crippen molar-refractivity contribution in [1.82, 2.24) is 0 Å². The summed E-state index contributed by atoms with van der Waals surface area (Å²) in [6, 6.07) is 14.9. The number of rotatable bonds is 1. The maximum atomic E-state index is 3.86. The van der Waals surface area contributed by atoms with Crippen LogP contribution in [0, 0.1) is 0 Å². The molecule has 0 unspecified atom stereocenters. The van der Waals surface area contributed by atoms with Crippen LogP contribution in [0.2, 0.25) is 0 Å². The van der Waals surface area contributed by atoms with Gasteiger partial charge in [0.05, 0.1) is 0 Å². The van der Waals surface area contributed by atoms with Crippen LogP contribution in [0.4, 0.5) is 0 Å². The van der Waals surface area contributed by atoms with Crippen molar-refractivity contribution in [3.05, 3.63) is 54.6 Å². The Balaban J connectivity index is 2.59. The molecule has 0 nitrogen and oxygen atoms in total. The predicted octanol–water partition coefficient (Wildman–Crippen LogP) is 4.70. The molecule has 3 aromatic rings. The minimum absolute atomic E-state index is 1.23. The Bertz CT molecular complexity index is 647. The van der Waals surface area contributed by atoms with Gasteiger partial charge in [0.15, 0.2) is 0 Å². The Kier molecular flexibility index (Phi) is 1.86. The lowest BCUT2D eigenvalue weighted by molar-refractivity contribution is 1.80. The summed E-state index contributed by atoms with van der Waals surface area (Å²) in [5, 5.41) is 2.69. The molecule has 0 aliphatic rings. The van der Waals surface area contributed by atoms with Crippen LogP contribution in [0.15, 0.2) is 49.0 Å². The quantitative estimate of drug-likeness (QED) is 0.546. The summed E-state index contributed by atoms with van der Waals surface area (Å²) in [4.78, 5) is 0. The van der Waals surface area contributed by atoms with E-state index in [1.165, 1.54) is 25.7 Å². The Morgan fingerprint density at radius 1 is 0.933 bits per heavy atom. The zero-order valence-corrected chi connectivity index (χ0v) is 9.05. The highest BCUT2D eigenvalue weighted by Gasteiger charge is 2.05. The lowest BCUT2D eigenvalue weighted by Crippen LogP contribution is -1.70. The van der Waals surface area contributed by atoms with E-state index in [9.17, 15) is 0 Å². The standard InChI is InChI=1S/C14H10S/c1-2-10-6-5-8-12-11-7-3-4-9-13(11)15-14(10)12/h2-9H,1H2. The number of benzene rings is 2. The van der Waals surface area contributed by atoms with Gasteiger partial charge in [0, 0.05) is 20.2 Å². The van der Waals surface area contributed by atoms with E-state index in [-0.39, 0.29) is 0 Å². The van der Waals surface area contributed by atoms with Crippen molar-refractivity contribution in [1.29, 1.82) is 0 Å². The second-order valence-corrected chi connectivity index (χ2v) is 4.58. The zero-order valence-electron chi connectivity index (χ0n) is 8.23. The molecule has 0 aliphatic carbocycles. The highest BCUT2D eigenvalue weighted by molar-refractivity contribution is 7.26. The van der Waals surface area contributed by atoms with Crippen LogP contribution in [0.5, 0.6) is 0 Å². The van der Waals surface area contributed by atoms with Crippen molar-refractivity contribution in [3.8, 4) is 0 Å². The van der Waals surface area contributed by atoms with Crippen molar-refractivity contribution in [2.24, 2.45) is 0 Å². The first-order valence-corrected chi connectivity index (χ1v) is 5.74. The van der Waals surface area contributed by atoms with Crippen molar-refractivity contribution >= 4 is 37.6 Å². The molecule has 0 saturated carbocycles. The second-order valence-electron chi connectivity index (χ2n) is 3.53. The molecule has 72 valence electrons. The summed E-state index contributed by atoms with van der Waals surface area (Å²) in [5.74, 6) is 0. The third-order valence-corrected chi connectivity index (χ3v) is 3.89. The van der Waals surface area contributed by atoms with Crippen molar-refractivity contribution in [3.63, 3.8) is 0 Å². The fourth-order valence-electron chi connectivity index (χ4n) is 1.93. The van der Waals surface area contributed by atoms with Gasteiger partial charge in [0.2, 0.25) is 0 Å². The molecule has 3 rings (SSSR count). The molecular weight excluding hydrogens is 200 g/mol. The first kappa shape index (κ1) is 8.69. The maximum absolute atomic E-state index is 3.86. The molecule has 0 aliphatic heterocycles.